The van der Waals surface area contributed by atoms with E-state index in [1.165, 1.54) is 5.56 Å². The number of ether oxygens (including phenoxy) is 1. The van der Waals surface area contributed by atoms with Crippen LogP contribution in [0.25, 0.3) is 0 Å². The lowest BCUT2D eigenvalue weighted by atomic mass is 10.0. The van der Waals surface area contributed by atoms with E-state index in [2.05, 4.69) is 5.10 Å². The molecular formula is C14H24N4O2. The Morgan fingerprint density at radius 3 is 2.70 bits per heavy atom. The molecule has 2 N–H and O–H groups in total. The number of amides is 1. The van der Waals surface area contributed by atoms with Crippen molar-refractivity contribution >= 4 is 6.09 Å². The van der Waals surface area contributed by atoms with Gasteiger partial charge in [-0.3, -0.25) is 4.68 Å². The van der Waals surface area contributed by atoms with Crippen LogP contribution in [0.4, 0.5) is 4.79 Å². The van der Waals surface area contributed by atoms with Crippen LogP contribution in [0.15, 0.2) is 0 Å². The van der Waals surface area contributed by atoms with E-state index in [0.717, 1.165) is 24.4 Å². The largest absolute Gasteiger partial charge is 0.444 e. The van der Waals surface area contributed by atoms with Crippen molar-refractivity contribution in [3.63, 3.8) is 0 Å². The monoisotopic (exact) mass is 280 g/mol. The van der Waals surface area contributed by atoms with Crippen LogP contribution < -0.4 is 5.73 Å². The number of hydrogen-bond donors (Lipinski definition) is 1. The highest BCUT2D eigenvalue weighted by atomic mass is 16.6. The van der Waals surface area contributed by atoms with Crippen LogP contribution >= 0.6 is 0 Å². The molecule has 1 amide bonds. The van der Waals surface area contributed by atoms with E-state index in [1.54, 1.807) is 4.90 Å². The van der Waals surface area contributed by atoms with Crippen LogP contribution in [-0.2, 0) is 30.8 Å². The van der Waals surface area contributed by atoms with Crippen LogP contribution in [0.2, 0.25) is 0 Å². The third kappa shape index (κ3) is 2.95. The van der Waals surface area contributed by atoms with Gasteiger partial charge in [-0.15, -0.1) is 0 Å². The van der Waals surface area contributed by atoms with Crippen molar-refractivity contribution in [2.45, 2.75) is 59.4 Å². The zero-order valence-corrected chi connectivity index (χ0v) is 12.8. The molecular weight excluding hydrogens is 256 g/mol. The van der Waals surface area contributed by atoms with Gasteiger partial charge in [0.05, 0.1) is 17.9 Å². The number of nitrogens with zero attached hydrogens (tertiary/aromatic N) is 3. The Kier molecular flexibility index (Phi) is 4.04. The van der Waals surface area contributed by atoms with Gasteiger partial charge < -0.3 is 15.4 Å². The fourth-order valence-corrected chi connectivity index (χ4v) is 2.47. The minimum absolute atomic E-state index is 0.263. The molecule has 0 bridgehead atoms. The molecule has 1 aliphatic heterocycles. The Labute approximate surface area is 119 Å². The average molecular weight is 280 g/mol. The molecule has 1 aromatic rings. The van der Waals surface area contributed by atoms with Gasteiger partial charge in [0.25, 0.3) is 0 Å². The first-order valence-electron chi connectivity index (χ1n) is 7.11. The molecule has 0 fully saturated rings. The Bertz CT molecular complexity index is 502. The van der Waals surface area contributed by atoms with Crippen molar-refractivity contribution in [2.24, 2.45) is 5.73 Å². The predicted molar refractivity (Wildman–Crippen MR) is 76.1 cm³/mol. The molecule has 2 heterocycles. The fourth-order valence-electron chi connectivity index (χ4n) is 2.47. The lowest BCUT2D eigenvalue weighted by Gasteiger charge is -2.30. The maximum Gasteiger partial charge on any atom is 0.410 e. The highest BCUT2D eigenvalue weighted by Crippen LogP contribution is 2.24. The van der Waals surface area contributed by atoms with Crippen molar-refractivity contribution in [1.29, 1.82) is 0 Å². The van der Waals surface area contributed by atoms with Crippen molar-refractivity contribution in [3.05, 3.63) is 17.0 Å². The summed E-state index contributed by atoms with van der Waals surface area (Å²) in [6.45, 7) is 10.1. The third-order valence-electron chi connectivity index (χ3n) is 3.37. The maximum atomic E-state index is 12.1. The van der Waals surface area contributed by atoms with Crippen LogP contribution in [0, 0.1) is 0 Å². The molecule has 2 rings (SSSR count). The number of hydrogen-bond acceptors (Lipinski definition) is 4. The van der Waals surface area contributed by atoms with E-state index in [9.17, 15) is 4.79 Å². The van der Waals surface area contributed by atoms with Gasteiger partial charge in [-0.25, -0.2) is 4.79 Å². The van der Waals surface area contributed by atoms with E-state index < -0.39 is 5.60 Å². The van der Waals surface area contributed by atoms with Crippen molar-refractivity contribution in [3.8, 4) is 0 Å². The number of fused-ring (bicyclic) bond motifs is 1. The van der Waals surface area contributed by atoms with Crippen LogP contribution in [0.5, 0.6) is 0 Å². The highest BCUT2D eigenvalue weighted by molar-refractivity contribution is 5.68. The molecule has 112 valence electrons. The summed E-state index contributed by atoms with van der Waals surface area (Å²) in [6, 6.07) is 0. The van der Waals surface area contributed by atoms with E-state index >= 15 is 0 Å². The normalized spacial score (nSPS) is 15.2. The standard InChI is InChI=1S/C14H24N4O2/c1-5-18-12-9-17(13(19)20-14(2,3)4)7-6-10(12)11(8-15)16-18/h5-9,15H2,1-4H3. The SMILES string of the molecule is CCn1nc(CN)c2c1CN(C(=O)OC(C)(C)C)CC2. The van der Waals surface area contributed by atoms with Crippen LogP contribution in [0.1, 0.15) is 44.6 Å². The van der Waals surface area contributed by atoms with Gasteiger partial charge in [-0.05, 0) is 34.1 Å². The van der Waals surface area contributed by atoms with Gasteiger partial charge >= 0.3 is 6.09 Å². The van der Waals surface area contributed by atoms with E-state index in [0.29, 0.717) is 19.6 Å². The molecule has 0 atom stereocenters. The molecule has 0 saturated heterocycles. The van der Waals surface area contributed by atoms with Crippen molar-refractivity contribution in [1.82, 2.24) is 14.7 Å². The first-order chi connectivity index (χ1) is 9.35. The van der Waals surface area contributed by atoms with E-state index in [-0.39, 0.29) is 6.09 Å². The summed E-state index contributed by atoms with van der Waals surface area (Å²) in [6.07, 6.45) is 0.530. The van der Waals surface area contributed by atoms with E-state index in [4.69, 9.17) is 10.5 Å². The molecule has 0 spiro atoms. The molecule has 0 aliphatic carbocycles. The predicted octanol–water partition coefficient (Wildman–Crippen LogP) is 1.65. The summed E-state index contributed by atoms with van der Waals surface area (Å²) in [5, 5.41) is 4.51. The molecule has 0 radical (unpaired) electrons. The summed E-state index contributed by atoms with van der Waals surface area (Å²) in [5.41, 5.74) is 8.51. The molecule has 0 saturated carbocycles. The second-order valence-electron chi connectivity index (χ2n) is 6.04. The number of carbonyl (C=O) groups is 1. The van der Waals surface area contributed by atoms with Gasteiger partial charge in [-0.2, -0.15) is 5.10 Å². The Balaban J connectivity index is 2.18. The minimum Gasteiger partial charge on any atom is -0.444 e. The van der Waals surface area contributed by atoms with Crippen LogP contribution in [-0.4, -0.2) is 32.9 Å². The van der Waals surface area contributed by atoms with E-state index in [1.807, 2.05) is 32.4 Å². The van der Waals surface area contributed by atoms with Crippen molar-refractivity contribution < 1.29 is 9.53 Å². The van der Waals surface area contributed by atoms with Crippen LogP contribution in [0.3, 0.4) is 0 Å². The highest BCUT2D eigenvalue weighted by Gasteiger charge is 2.29. The zero-order chi connectivity index (χ0) is 14.9. The third-order valence-corrected chi connectivity index (χ3v) is 3.37. The van der Waals surface area contributed by atoms with Gasteiger partial charge in [0.15, 0.2) is 0 Å². The minimum atomic E-state index is -0.467. The van der Waals surface area contributed by atoms with Gasteiger partial charge in [-0.1, -0.05) is 0 Å². The lowest BCUT2D eigenvalue weighted by molar-refractivity contribution is 0.0218. The maximum absolute atomic E-state index is 12.1. The van der Waals surface area contributed by atoms with Gasteiger partial charge in [0.1, 0.15) is 5.60 Å². The number of carbonyl (C=O) groups excluding carboxylic acids is 1. The second-order valence-corrected chi connectivity index (χ2v) is 6.04. The summed E-state index contributed by atoms with van der Waals surface area (Å²) in [7, 11) is 0. The number of aryl methyl sites for hydroxylation is 1. The van der Waals surface area contributed by atoms with Gasteiger partial charge in [0.2, 0.25) is 0 Å². The number of aromatic nitrogens is 2. The molecule has 0 unspecified atom stereocenters. The number of rotatable bonds is 2. The Morgan fingerprint density at radius 1 is 1.45 bits per heavy atom. The topological polar surface area (TPSA) is 73.4 Å². The molecule has 6 heteroatoms. The molecule has 1 aromatic heterocycles. The van der Waals surface area contributed by atoms with Crippen molar-refractivity contribution in [2.75, 3.05) is 6.54 Å². The quantitative estimate of drug-likeness (QED) is 0.894. The lowest BCUT2D eigenvalue weighted by Crippen LogP contribution is -2.40. The molecule has 6 nitrogen and oxygen atoms in total. The first kappa shape index (κ1) is 14.8. The molecule has 20 heavy (non-hydrogen) atoms. The number of nitrogens with two attached hydrogens (primary N) is 1. The smallest absolute Gasteiger partial charge is 0.410 e. The summed E-state index contributed by atoms with van der Waals surface area (Å²) in [5.74, 6) is 0. The fraction of sp³-hybridized carbons (Fsp3) is 0.714. The average Bonchev–Trinajstić information content (AvgIpc) is 2.73. The second kappa shape index (κ2) is 5.44. The molecule has 0 aromatic carbocycles. The Morgan fingerprint density at radius 2 is 2.15 bits per heavy atom. The summed E-state index contributed by atoms with van der Waals surface area (Å²) < 4.78 is 7.37. The molecule has 1 aliphatic rings. The Hall–Kier alpha value is -1.56. The summed E-state index contributed by atoms with van der Waals surface area (Å²) in [4.78, 5) is 13.9. The summed E-state index contributed by atoms with van der Waals surface area (Å²) >= 11 is 0. The van der Waals surface area contributed by atoms with Gasteiger partial charge in [0, 0.05) is 25.2 Å². The first-order valence-corrected chi connectivity index (χ1v) is 7.11. The zero-order valence-electron chi connectivity index (χ0n) is 12.8.